The zero-order chi connectivity index (χ0) is 18.6. The summed E-state index contributed by atoms with van der Waals surface area (Å²) in [6, 6.07) is 0. The number of piperazine rings is 1. The Morgan fingerprint density at radius 2 is 1.88 bits per heavy atom. The number of nitrogens with one attached hydrogen (secondary N) is 2. The van der Waals surface area contributed by atoms with Crippen LogP contribution in [-0.2, 0) is 19.1 Å². The maximum absolute atomic E-state index is 13.2. The lowest BCUT2D eigenvalue weighted by Crippen LogP contribution is -2.67. The zero-order valence-corrected chi connectivity index (χ0v) is 15.7. The predicted molar refractivity (Wildman–Crippen MR) is 96.3 cm³/mol. The van der Waals surface area contributed by atoms with Gasteiger partial charge in [0.25, 0.3) is 0 Å². The molecular weight excluding hydrogens is 334 g/mol. The summed E-state index contributed by atoms with van der Waals surface area (Å²) >= 11 is 0. The molecule has 0 radical (unpaired) electrons. The topological polar surface area (TPSA) is 87.7 Å². The van der Waals surface area contributed by atoms with Crippen LogP contribution in [0.2, 0.25) is 0 Å². The molecule has 2 heterocycles. The van der Waals surface area contributed by atoms with E-state index in [0.29, 0.717) is 39.1 Å². The molecule has 3 aliphatic rings. The fraction of sp³-hybridized carbons (Fsp3) is 0.842. The molecule has 2 N–H and O–H groups in total. The van der Waals surface area contributed by atoms with Crippen LogP contribution in [0.1, 0.15) is 51.9 Å². The molecule has 3 fully saturated rings. The lowest BCUT2D eigenvalue weighted by atomic mass is 9.78. The first-order chi connectivity index (χ1) is 12.6. The van der Waals surface area contributed by atoms with Gasteiger partial charge >= 0.3 is 5.97 Å². The van der Waals surface area contributed by atoms with Crippen molar-refractivity contribution in [2.75, 3.05) is 32.8 Å². The molecule has 0 aromatic heterocycles. The average Bonchev–Trinajstić information content (AvgIpc) is 2.66. The van der Waals surface area contributed by atoms with Crippen LogP contribution in [0.5, 0.6) is 0 Å². The Kier molecular flexibility index (Phi) is 6.16. The first-order valence-electron chi connectivity index (χ1n) is 10.1. The number of piperidine rings is 1. The minimum atomic E-state index is -0.683. The Bertz CT molecular complexity index is 537. The third-order valence-electron chi connectivity index (χ3n) is 6.17. The predicted octanol–water partition coefficient (Wildman–Crippen LogP) is 0.827. The normalized spacial score (nSPS) is 24.8. The van der Waals surface area contributed by atoms with Crippen LogP contribution in [0.3, 0.4) is 0 Å². The van der Waals surface area contributed by atoms with Gasteiger partial charge in [-0.05, 0) is 38.5 Å². The fourth-order valence-corrected chi connectivity index (χ4v) is 4.63. The van der Waals surface area contributed by atoms with Crippen molar-refractivity contribution in [3.05, 3.63) is 0 Å². The second-order valence-corrected chi connectivity index (χ2v) is 7.72. The van der Waals surface area contributed by atoms with E-state index in [0.717, 1.165) is 32.2 Å². The second kappa shape index (κ2) is 8.37. The maximum Gasteiger partial charge on any atom is 0.318 e. The average molecular weight is 365 g/mol. The van der Waals surface area contributed by atoms with Crippen molar-refractivity contribution >= 4 is 17.8 Å². The van der Waals surface area contributed by atoms with Crippen molar-refractivity contribution in [2.45, 2.75) is 57.4 Å². The van der Waals surface area contributed by atoms with Crippen LogP contribution in [0.4, 0.5) is 0 Å². The van der Waals surface area contributed by atoms with E-state index in [4.69, 9.17) is 4.74 Å². The third kappa shape index (κ3) is 3.87. The SMILES string of the molecule is CCOC(=O)[C@@H](C(=O)N1CCC2(CC1)NCCNC2=O)C1CCCCC1. The van der Waals surface area contributed by atoms with Gasteiger partial charge in [0.05, 0.1) is 6.61 Å². The highest BCUT2D eigenvalue weighted by Gasteiger charge is 2.46. The lowest BCUT2D eigenvalue weighted by Gasteiger charge is -2.44. The molecule has 26 heavy (non-hydrogen) atoms. The summed E-state index contributed by atoms with van der Waals surface area (Å²) in [5.41, 5.74) is -0.556. The molecule has 0 unspecified atom stereocenters. The molecule has 2 amide bonds. The first-order valence-corrected chi connectivity index (χ1v) is 10.1. The van der Waals surface area contributed by atoms with Crippen molar-refractivity contribution in [1.82, 2.24) is 15.5 Å². The van der Waals surface area contributed by atoms with Gasteiger partial charge in [0.2, 0.25) is 11.8 Å². The molecule has 1 saturated carbocycles. The summed E-state index contributed by atoms with van der Waals surface area (Å²) in [5.74, 6) is -1.05. The molecule has 0 bridgehead atoms. The number of ether oxygens (including phenoxy) is 1. The highest BCUT2D eigenvalue weighted by Crippen LogP contribution is 2.33. The van der Waals surface area contributed by atoms with Crippen LogP contribution in [0, 0.1) is 11.8 Å². The van der Waals surface area contributed by atoms with E-state index in [1.165, 1.54) is 6.42 Å². The Morgan fingerprint density at radius 1 is 1.19 bits per heavy atom. The number of hydrogen-bond acceptors (Lipinski definition) is 5. The molecule has 3 rings (SSSR count). The minimum absolute atomic E-state index is 0.0325. The molecule has 0 aromatic carbocycles. The van der Waals surface area contributed by atoms with Crippen LogP contribution in [0.15, 0.2) is 0 Å². The lowest BCUT2D eigenvalue weighted by molar-refractivity contribution is -0.160. The second-order valence-electron chi connectivity index (χ2n) is 7.72. The van der Waals surface area contributed by atoms with Crippen molar-refractivity contribution in [1.29, 1.82) is 0 Å². The summed E-state index contributed by atoms with van der Waals surface area (Å²) in [5, 5.41) is 6.25. The highest BCUT2D eigenvalue weighted by atomic mass is 16.5. The van der Waals surface area contributed by atoms with E-state index in [9.17, 15) is 14.4 Å². The number of amides is 2. The summed E-state index contributed by atoms with van der Waals surface area (Å²) in [4.78, 5) is 39.7. The van der Waals surface area contributed by atoms with E-state index in [2.05, 4.69) is 10.6 Å². The molecule has 0 aromatic rings. The van der Waals surface area contributed by atoms with Crippen molar-refractivity contribution in [3.8, 4) is 0 Å². The third-order valence-corrected chi connectivity index (χ3v) is 6.17. The monoisotopic (exact) mass is 365 g/mol. The molecule has 1 atom stereocenters. The molecule has 146 valence electrons. The van der Waals surface area contributed by atoms with Gasteiger partial charge in [-0.1, -0.05) is 19.3 Å². The van der Waals surface area contributed by atoms with E-state index in [-0.39, 0.29) is 23.7 Å². The fourth-order valence-electron chi connectivity index (χ4n) is 4.63. The van der Waals surface area contributed by atoms with Crippen LogP contribution >= 0.6 is 0 Å². The van der Waals surface area contributed by atoms with Gasteiger partial charge < -0.3 is 20.3 Å². The van der Waals surface area contributed by atoms with Gasteiger partial charge in [-0.15, -0.1) is 0 Å². The van der Waals surface area contributed by atoms with Gasteiger partial charge in [0, 0.05) is 26.2 Å². The van der Waals surface area contributed by atoms with Gasteiger partial charge in [-0.3, -0.25) is 14.4 Å². The van der Waals surface area contributed by atoms with Crippen LogP contribution < -0.4 is 10.6 Å². The van der Waals surface area contributed by atoms with Gasteiger partial charge in [0.1, 0.15) is 11.5 Å². The van der Waals surface area contributed by atoms with E-state index < -0.39 is 11.5 Å². The summed E-state index contributed by atoms with van der Waals surface area (Å²) in [6.45, 7) is 4.48. The summed E-state index contributed by atoms with van der Waals surface area (Å²) in [7, 11) is 0. The Morgan fingerprint density at radius 3 is 2.50 bits per heavy atom. The molecule has 2 saturated heterocycles. The van der Waals surface area contributed by atoms with E-state index >= 15 is 0 Å². The van der Waals surface area contributed by atoms with E-state index in [1.807, 2.05) is 0 Å². The van der Waals surface area contributed by atoms with Crippen LogP contribution in [-0.4, -0.2) is 61.0 Å². The Balaban J connectivity index is 1.67. The Labute approximate surface area is 155 Å². The number of nitrogens with zero attached hydrogens (tertiary/aromatic N) is 1. The van der Waals surface area contributed by atoms with Crippen molar-refractivity contribution in [2.24, 2.45) is 11.8 Å². The van der Waals surface area contributed by atoms with Gasteiger partial charge in [0.15, 0.2) is 0 Å². The smallest absolute Gasteiger partial charge is 0.318 e. The first kappa shape index (κ1) is 19.1. The largest absolute Gasteiger partial charge is 0.465 e. The van der Waals surface area contributed by atoms with Crippen molar-refractivity contribution < 1.29 is 19.1 Å². The maximum atomic E-state index is 13.2. The van der Waals surface area contributed by atoms with E-state index in [1.54, 1.807) is 11.8 Å². The number of hydrogen-bond donors (Lipinski definition) is 2. The molecule has 1 spiro atoms. The molecule has 2 aliphatic heterocycles. The Hall–Kier alpha value is -1.63. The van der Waals surface area contributed by atoms with Gasteiger partial charge in [-0.25, -0.2) is 0 Å². The zero-order valence-electron chi connectivity index (χ0n) is 15.7. The number of esters is 1. The van der Waals surface area contributed by atoms with Crippen LogP contribution in [0.25, 0.3) is 0 Å². The van der Waals surface area contributed by atoms with Crippen molar-refractivity contribution in [3.63, 3.8) is 0 Å². The summed E-state index contributed by atoms with van der Waals surface area (Å²) in [6.07, 6.45) is 6.32. The van der Waals surface area contributed by atoms with Gasteiger partial charge in [-0.2, -0.15) is 0 Å². The molecular formula is C19H31N3O4. The summed E-state index contributed by atoms with van der Waals surface area (Å²) < 4.78 is 5.23. The standard InChI is InChI=1S/C19H31N3O4/c1-2-26-17(24)15(14-6-4-3-5-7-14)16(23)22-12-8-19(9-13-22)18(25)20-10-11-21-19/h14-15,21H,2-13H2,1H3,(H,20,25)/t15-/m1/s1. The number of likely N-dealkylation sites (tertiary alicyclic amines) is 1. The number of carbonyl (C=O) groups is 3. The molecule has 7 heteroatoms. The number of rotatable bonds is 4. The number of carbonyl (C=O) groups excluding carboxylic acids is 3. The molecule has 7 nitrogen and oxygen atoms in total. The quantitative estimate of drug-likeness (QED) is 0.569. The minimum Gasteiger partial charge on any atom is -0.465 e. The molecule has 1 aliphatic carbocycles. The highest BCUT2D eigenvalue weighted by molar-refractivity contribution is 5.98.